The van der Waals surface area contributed by atoms with Crippen molar-refractivity contribution in [1.29, 1.82) is 0 Å². The standard InChI is InChI=1S/C19H18N2O5/c1-12(18(22)20-16-6-3-7-17(11-16)21(24)25)26-19(23)15-9-8-13-4-2-5-14(13)10-15/h3,6-12H,2,4-5H2,1H3,(H,20,22). The first-order valence-electron chi connectivity index (χ1n) is 8.32. The summed E-state index contributed by atoms with van der Waals surface area (Å²) in [5.41, 5.74) is 2.95. The van der Waals surface area contributed by atoms with Gasteiger partial charge in [-0.1, -0.05) is 12.1 Å². The van der Waals surface area contributed by atoms with Gasteiger partial charge in [-0.2, -0.15) is 0 Å². The van der Waals surface area contributed by atoms with Gasteiger partial charge in [0.15, 0.2) is 6.10 Å². The van der Waals surface area contributed by atoms with Gasteiger partial charge in [-0.15, -0.1) is 0 Å². The molecule has 2 aromatic rings. The zero-order chi connectivity index (χ0) is 18.7. The summed E-state index contributed by atoms with van der Waals surface area (Å²) in [6.07, 6.45) is 2.01. The molecule has 0 bridgehead atoms. The van der Waals surface area contributed by atoms with E-state index in [9.17, 15) is 19.7 Å². The minimum atomic E-state index is -1.03. The van der Waals surface area contributed by atoms with E-state index in [2.05, 4.69) is 5.32 Å². The number of anilines is 1. The van der Waals surface area contributed by atoms with Gasteiger partial charge < -0.3 is 10.1 Å². The molecule has 1 amide bonds. The first-order chi connectivity index (χ1) is 12.4. The number of hydrogen-bond donors (Lipinski definition) is 1. The SMILES string of the molecule is CC(OC(=O)c1ccc2c(c1)CCC2)C(=O)Nc1cccc([N+](=O)[O-])c1. The number of ether oxygens (including phenoxy) is 1. The Morgan fingerprint density at radius 3 is 2.69 bits per heavy atom. The van der Waals surface area contributed by atoms with Crippen LogP contribution in [0.4, 0.5) is 11.4 Å². The van der Waals surface area contributed by atoms with E-state index in [1.54, 1.807) is 6.07 Å². The molecule has 0 aliphatic heterocycles. The lowest BCUT2D eigenvalue weighted by Crippen LogP contribution is -2.30. The molecule has 3 rings (SSSR count). The van der Waals surface area contributed by atoms with E-state index < -0.39 is 22.9 Å². The Hall–Kier alpha value is -3.22. The molecule has 0 heterocycles. The van der Waals surface area contributed by atoms with Crippen LogP contribution >= 0.6 is 0 Å². The molecule has 26 heavy (non-hydrogen) atoms. The van der Waals surface area contributed by atoms with Crippen molar-refractivity contribution < 1.29 is 19.2 Å². The highest BCUT2D eigenvalue weighted by Gasteiger charge is 2.21. The summed E-state index contributed by atoms with van der Waals surface area (Å²) >= 11 is 0. The lowest BCUT2D eigenvalue weighted by atomic mass is 10.1. The smallest absolute Gasteiger partial charge is 0.338 e. The van der Waals surface area contributed by atoms with E-state index in [-0.39, 0.29) is 11.4 Å². The average Bonchev–Trinajstić information content (AvgIpc) is 3.09. The molecular weight excluding hydrogens is 336 g/mol. The molecular formula is C19H18N2O5. The maximum atomic E-state index is 12.3. The highest BCUT2D eigenvalue weighted by Crippen LogP contribution is 2.23. The molecule has 0 fully saturated rings. The van der Waals surface area contributed by atoms with Crippen LogP contribution in [0.15, 0.2) is 42.5 Å². The number of rotatable bonds is 5. The second-order valence-corrected chi connectivity index (χ2v) is 6.18. The number of hydrogen-bond acceptors (Lipinski definition) is 5. The van der Waals surface area contributed by atoms with E-state index in [0.717, 1.165) is 24.8 Å². The zero-order valence-electron chi connectivity index (χ0n) is 14.2. The monoisotopic (exact) mass is 354 g/mol. The van der Waals surface area contributed by atoms with Crippen LogP contribution in [0.25, 0.3) is 0 Å². The van der Waals surface area contributed by atoms with Crippen molar-refractivity contribution in [1.82, 2.24) is 0 Å². The Bertz CT molecular complexity index is 878. The third-order valence-corrected chi connectivity index (χ3v) is 4.31. The van der Waals surface area contributed by atoms with Crippen LogP contribution in [-0.2, 0) is 22.4 Å². The molecule has 1 atom stereocenters. The number of nitro benzene ring substituents is 1. The Balaban J connectivity index is 1.63. The molecule has 0 saturated carbocycles. The summed E-state index contributed by atoms with van der Waals surface area (Å²) in [7, 11) is 0. The van der Waals surface area contributed by atoms with Gasteiger partial charge in [-0.25, -0.2) is 4.79 Å². The molecule has 134 valence electrons. The number of benzene rings is 2. The number of non-ortho nitro benzene ring substituents is 1. The van der Waals surface area contributed by atoms with Crippen molar-refractivity contribution in [2.45, 2.75) is 32.3 Å². The van der Waals surface area contributed by atoms with E-state index in [1.807, 2.05) is 12.1 Å². The summed E-state index contributed by atoms with van der Waals surface area (Å²) in [5.74, 6) is -1.12. The van der Waals surface area contributed by atoms with E-state index in [0.29, 0.717) is 5.56 Å². The van der Waals surface area contributed by atoms with Crippen molar-refractivity contribution >= 4 is 23.3 Å². The van der Waals surface area contributed by atoms with Crippen molar-refractivity contribution in [3.63, 3.8) is 0 Å². The summed E-state index contributed by atoms with van der Waals surface area (Å²) in [6, 6.07) is 11.0. The van der Waals surface area contributed by atoms with Crippen LogP contribution in [0.2, 0.25) is 0 Å². The van der Waals surface area contributed by atoms with Gasteiger partial charge in [0.1, 0.15) is 0 Å². The Morgan fingerprint density at radius 1 is 1.15 bits per heavy atom. The molecule has 1 aliphatic rings. The lowest BCUT2D eigenvalue weighted by molar-refractivity contribution is -0.384. The third kappa shape index (κ3) is 3.88. The summed E-state index contributed by atoms with van der Waals surface area (Å²) in [5, 5.41) is 13.3. The number of esters is 1. The lowest BCUT2D eigenvalue weighted by Gasteiger charge is -2.14. The van der Waals surface area contributed by atoms with Crippen LogP contribution < -0.4 is 5.32 Å². The van der Waals surface area contributed by atoms with E-state index >= 15 is 0 Å². The van der Waals surface area contributed by atoms with Crippen molar-refractivity contribution in [3.05, 3.63) is 69.3 Å². The average molecular weight is 354 g/mol. The molecule has 1 unspecified atom stereocenters. The molecule has 1 aliphatic carbocycles. The van der Waals surface area contributed by atoms with Gasteiger partial charge in [0.05, 0.1) is 10.5 Å². The molecule has 7 heteroatoms. The van der Waals surface area contributed by atoms with E-state index in [1.165, 1.54) is 36.8 Å². The van der Waals surface area contributed by atoms with Crippen LogP contribution in [-0.4, -0.2) is 22.9 Å². The first kappa shape index (κ1) is 17.6. The maximum Gasteiger partial charge on any atom is 0.338 e. The topological polar surface area (TPSA) is 98.5 Å². The number of nitrogens with one attached hydrogen (secondary N) is 1. The largest absolute Gasteiger partial charge is 0.449 e. The second-order valence-electron chi connectivity index (χ2n) is 6.18. The van der Waals surface area contributed by atoms with Crippen molar-refractivity contribution in [2.24, 2.45) is 0 Å². The maximum absolute atomic E-state index is 12.3. The number of nitrogens with zero attached hydrogens (tertiary/aromatic N) is 1. The zero-order valence-corrected chi connectivity index (χ0v) is 14.2. The number of aryl methyl sites for hydroxylation is 2. The Morgan fingerprint density at radius 2 is 1.92 bits per heavy atom. The molecule has 0 aromatic heterocycles. The van der Waals surface area contributed by atoms with Gasteiger partial charge in [-0.3, -0.25) is 14.9 Å². The van der Waals surface area contributed by atoms with Gasteiger partial charge >= 0.3 is 5.97 Å². The minimum absolute atomic E-state index is 0.134. The predicted octanol–water partition coefficient (Wildman–Crippen LogP) is 3.27. The Labute approximate surface area is 150 Å². The molecule has 2 aromatic carbocycles. The number of fused-ring (bicyclic) bond motifs is 1. The predicted molar refractivity (Wildman–Crippen MR) is 95.1 cm³/mol. The number of carbonyl (C=O) groups excluding carboxylic acids is 2. The first-order valence-corrected chi connectivity index (χ1v) is 8.32. The molecule has 0 radical (unpaired) electrons. The van der Waals surface area contributed by atoms with Gasteiger partial charge in [-0.05, 0) is 55.5 Å². The van der Waals surface area contributed by atoms with Crippen LogP contribution in [0.5, 0.6) is 0 Å². The molecule has 7 nitrogen and oxygen atoms in total. The number of carbonyl (C=O) groups is 2. The fourth-order valence-electron chi connectivity index (χ4n) is 2.92. The number of nitro groups is 1. The third-order valence-electron chi connectivity index (χ3n) is 4.31. The molecule has 1 N–H and O–H groups in total. The highest BCUT2D eigenvalue weighted by molar-refractivity contribution is 5.97. The van der Waals surface area contributed by atoms with Gasteiger partial charge in [0, 0.05) is 17.8 Å². The van der Waals surface area contributed by atoms with Crippen LogP contribution in [0.1, 0.15) is 34.8 Å². The fourth-order valence-corrected chi connectivity index (χ4v) is 2.92. The summed E-state index contributed by atoms with van der Waals surface area (Å²) in [6.45, 7) is 1.46. The normalized spacial score (nSPS) is 13.6. The fraction of sp³-hybridized carbons (Fsp3) is 0.263. The molecule has 0 saturated heterocycles. The quantitative estimate of drug-likeness (QED) is 0.505. The van der Waals surface area contributed by atoms with Crippen molar-refractivity contribution in [3.8, 4) is 0 Å². The van der Waals surface area contributed by atoms with Gasteiger partial charge in [0.25, 0.3) is 11.6 Å². The van der Waals surface area contributed by atoms with Crippen LogP contribution in [0.3, 0.4) is 0 Å². The number of amides is 1. The van der Waals surface area contributed by atoms with Crippen LogP contribution in [0, 0.1) is 10.1 Å². The Kier molecular flexibility index (Phi) is 4.97. The van der Waals surface area contributed by atoms with Gasteiger partial charge in [0.2, 0.25) is 0 Å². The summed E-state index contributed by atoms with van der Waals surface area (Å²) in [4.78, 5) is 34.7. The second kappa shape index (κ2) is 7.35. The summed E-state index contributed by atoms with van der Waals surface area (Å²) < 4.78 is 5.22. The minimum Gasteiger partial charge on any atom is -0.449 e. The highest BCUT2D eigenvalue weighted by atomic mass is 16.6. The van der Waals surface area contributed by atoms with E-state index in [4.69, 9.17) is 4.74 Å². The molecule has 0 spiro atoms. The van der Waals surface area contributed by atoms with Crippen molar-refractivity contribution in [2.75, 3.05) is 5.32 Å².